The Morgan fingerprint density at radius 1 is 1.31 bits per heavy atom. The van der Waals surface area contributed by atoms with Crippen LogP contribution in [0.3, 0.4) is 0 Å². The fraction of sp³-hybridized carbons (Fsp3) is 0.550. The molecule has 1 saturated carbocycles. The molecule has 1 aliphatic carbocycles. The Morgan fingerprint density at radius 3 is 2.81 bits per heavy atom. The number of hydrogen-bond donors (Lipinski definition) is 2. The standard InChI is InChI=1S/C20H28N4OS/c1-2-16(17-10-4-3-5-11-17)13-21-19(25)14-26-20-22-18(23-24-20)12-15-8-6-7-9-15/h3-5,10-11,15-16H,2,6-9,12-14H2,1H3,(H,21,25)(H,22,23,24). The molecule has 1 amide bonds. The Bertz CT molecular complexity index is 682. The van der Waals surface area contributed by atoms with Crippen molar-refractivity contribution in [1.29, 1.82) is 0 Å². The second-order valence-corrected chi connectivity index (χ2v) is 7.97. The molecule has 2 aromatic rings. The number of rotatable bonds is 9. The van der Waals surface area contributed by atoms with Gasteiger partial charge in [-0.15, -0.1) is 5.10 Å². The molecule has 1 aromatic heterocycles. The first-order chi connectivity index (χ1) is 12.7. The average Bonchev–Trinajstić information content (AvgIpc) is 3.34. The van der Waals surface area contributed by atoms with Gasteiger partial charge in [-0.25, -0.2) is 4.98 Å². The van der Waals surface area contributed by atoms with Crippen LogP contribution in [0.1, 0.15) is 56.3 Å². The van der Waals surface area contributed by atoms with Gasteiger partial charge in [0.25, 0.3) is 0 Å². The number of aromatic amines is 1. The van der Waals surface area contributed by atoms with Crippen LogP contribution in [-0.4, -0.2) is 33.4 Å². The molecule has 5 nitrogen and oxygen atoms in total. The molecule has 3 rings (SSSR count). The van der Waals surface area contributed by atoms with Crippen molar-refractivity contribution in [2.45, 2.75) is 56.5 Å². The van der Waals surface area contributed by atoms with Crippen LogP contribution in [-0.2, 0) is 11.2 Å². The smallest absolute Gasteiger partial charge is 0.230 e. The van der Waals surface area contributed by atoms with E-state index in [1.807, 2.05) is 18.2 Å². The van der Waals surface area contributed by atoms with Crippen molar-refractivity contribution >= 4 is 17.7 Å². The Kier molecular flexibility index (Phi) is 7.12. The summed E-state index contributed by atoms with van der Waals surface area (Å²) < 4.78 is 0. The summed E-state index contributed by atoms with van der Waals surface area (Å²) in [5, 5.41) is 11.0. The van der Waals surface area contributed by atoms with Gasteiger partial charge < -0.3 is 5.32 Å². The number of nitrogens with one attached hydrogen (secondary N) is 2. The number of nitrogens with zero attached hydrogens (tertiary/aromatic N) is 2. The first-order valence-corrected chi connectivity index (χ1v) is 10.6. The van der Waals surface area contributed by atoms with Gasteiger partial charge in [0.1, 0.15) is 5.82 Å². The fourth-order valence-electron chi connectivity index (χ4n) is 3.56. The van der Waals surface area contributed by atoms with Crippen LogP contribution in [0.2, 0.25) is 0 Å². The van der Waals surface area contributed by atoms with Crippen molar-refractivity contribution in [2.75, 3.05) is 12.3 Å². The van der Waals surface area contributed by atoms with Gasteiger partial charge in [-0.05, 0) is 17.9 Å². The lowest BCUT2D eigenvalue weighted by Crippen LogP contribution is -2.29. The number of amides is 1. The van der Waals surface area contributed by atoms with Crippen LogP contribution < -0.4 is 5.32 Å². The van der Waals surface area contributed by atoms with Gasteiger partial charge in [0.2, 0.25) is 11.1 Å². The van der Waals surface area contributed by atoms with Crippen LogP contribution in [0.5, 0.6) is 0 Å². The van der Waals surface area contributed by atoms with Crippen LogP contribution in [0.25, 0.3) is 0 Å². The number of thioether (sulfide) groups is 1. The minimum absolute atomic E-state index is 0.0338. The number of aromatic nitrogens is 3. The molecule has 1 heterocycles. The van der Waals surface area contributed by atoms with Crippen molar-refractivity contribution in [2.24, 2.45) is 5.92 Å². The summed E-state index contributed by atoms with van der Waals surface area (Å²) >= 11 is 1.40. The second-order valence-electron chi connectivity index (χ2n) is 7.03. The van der Waals surface area contributed by atoms with Crippen molar-refractivity contribution in [3.8, 4) is 0 Å². The zero-order valence-electron chi connectivity index (χ0n) is 15.4. The number of carbonyl (C=O) groups is 1. The Balaban J connectivity index is 1.40. The van der Waals surface area contributed by atoms with Gasteiger partial charge in [0.05, 0.1) is 5.75 Å². The maximum Gasteiger partial charge on any atom is 0.230 e. The van der Waals surface area contributed by atoms with E-state index < -0.39 is 0 Å². The summed E-state index contributed by atoms with van der Waals surface area (Å²) in [4.78, 5) is 16.7. The first-order valence-electron chi connectivity index (χ1n) is 9.60. The van der Waals surface area contributed by atoms with Gasteiger partial charge in [-0.3, -0.25) is 9.89 Å². The molecule has 6 heteroatoms. The summed E-state index contributed by atoms with van der Waals surface area (Å²) in [5.41, 5.74) is 1.27. The maximum atomic E-state index is 12.2. The summed E-state index contributed by atoms with van der Waals surface area (Å²) in [7, 11) is 0. The van der Waals surface area contributed by atoms with Gasteiger partial charge in [-0.2, -0.15) is 0 Å². The molecule has 2 N–H and O–H groups in total. The normalized spacial score (nSPS) is 15.9. The molecule has 1 unspecified atom stereocenters. The number of benzene rings is 1. The first kappa shape index (κ1) is 19.0. The Hall–Kier alpha value is -1.82. The predicted molar refractivity (Wildman–Crippen MR) is 105 cm³/mol. The zero-order chi connectivity index (χ0) is 18.2. The number of H-pyrrole nitrogens is 1. The van der Waals surface area contributed by atoms with Gasteiger partial charge in [0, 0.05) is 18.9 Å². The van der Waals surface area contributed by atoms with Crippen molar-refractivity contribution in [3.05, 3.63) is 41.7 Å². The summed E-state index contributed by atoms with van der Waals surface area (Å²) in [5.74, 6) is 2.44. The molecule has 0 radical (unpaired) electrons. The van der Waals surface area contributed by atoms with Crippen LogP contribution >= 0.6 is 11.8 Å². The van der Waals surface area contributed by atoms with E-state index in [4.69, 9.17) is 0 Å². The highest BCUT2D eigenvalue weighted by Gasteiger charge is 2.18. The zero-order valence-corrected chi connectivity index (χ0v) is 16.2. The van der Waals surface area contributed by atoms with Crippen molar-refractivity contribution in [3.63, 3.8) is 0 Å². The molecule has 26 heavy (non-hydrogen) atoms. The third kappa shape index (κ3) is 5.59. The van der Waals surface area contributed by atoms with E-state index in [-0.39, 0.29) is 5.91 Å². The maximum absolute atomic E-state index is 12.2. The number of carbonyl (C=O) groups excluding carboxylic acids is 1. The van der Waals surface area contributed by atoms with Gasteiger partial charge in [-0.1, -0.05) is 74.7 Å². The largest absolute Gasteiger partial charge is 0.355 e. The molecular formula is C20H28N4OS. The highest BCUT2D eigenvalue weighted by Crippen LogP contribution is 2.27. The quantitative estimate of drug-likeness (QED) is 0.654. The van der Waals surface area contributed by atoms with E-state index in [9.17, 15) is 4.79 Å². The third-order valence-corrected chi connectivity index (χ3v) is 5.96. The molecule has 1 aliphatic rings. The third-order valence-electron chi connectivity index (χ3n) is 5.11. The summed E-state index contributed by atoms with van der Waals surface area (Å²) in [6.07, 6.45) is 7.25. The summed E-state index contributed by atoms with van der Waals surface area (Å²) in [6.45, 7) is 2.82. The van der Waals surface area contributed by atoms with Gasteiger partial charge >= 0.3 is 0 Å². The lowest BCUT2D eigenvalue weighted by Gasteiger charge is -2.16. The van der Waals surface area contributed by atoms with Crippen molar-refractivity contribution < 1.29 is 4.79 Å². The van der Waals surface area contributed by atoms with E-state index >= 15 is 0 Å². The minimum atomic E-state index is 0.0338. The second kappa shape index (κ2) is 9.76. The SMILES string of the molecule is CCC(CNC(=O)CSc1n[nH]c(CC2CCCC2)n1)c1ccccc1. The van der Waals surface area contributed by atoms with E-state index in [2.05, 4.69) is 39.6 Å². The molecule has 1 fully saturated rings. The average molecular weight is 373 g/mol. The monoisotopic (exact) mass is 372 g/mol. The molecule has 0 spiro atoms. The fourth-order valence-corrected chi connectivity index (χ4v) is 4.21. The topological polar surface area (TPSA) is 70.7 Å². The molecule has 1 aromatic carbocycles. The molecule has 1 atom stereocenters. The van der Waals surface area contributed by atoms with E-state index in [0.29, 0.717) is 23.4 Å². The number of hydrogen-bond acceptors (Lipinski definition) is 4. The highest BCUT2D eigenvalue weighted by molar-refractivity contribution is 7.99. The Morgan fingerprint density at radius 2 is 2.08 bits per heavy atom. The molecule has 0 aliphatic heterocycles. The van der Waals surface area contributed by atoms with E-state index in [1.54, 1.807) is 0 Å². The molecular weight excluding hydrogens is 344 g/mol. The highest BCUT2D eigenvalue weighted by atomic mass is 32.2. The van der Waals surface area contributed by atoms with E-state index in [0.717, 1.165) is 24.6 Å². The predicted octanol–water partition coefficient (Wildman–Crippen LogP) is 3.94. The minimum Gasteiger partial charge on any atom is -0.355 e. The lowest BCUT2D eigenvalue weighted by atomic mass is 9.96. The van der Waals surface area contributed by atoms with Crippen LogP contribution in [0.4, 0.5) is 0 Å². The van der Waals surface area contributed by atoms with E-state index in [1.165, 1.54) is 43.0 Å². The molecule has 0 saturated heterocycles. The Labute approximate surface area is 159 Å². The summed E-state index contributed by atoms with van der Waals surface area (Å²) in [6, 6.07) is 10.3. The molecule has 140 valence electrons. The van der Waals surface area contributed by atoms with Gasteiger partial charge in [0.15, 0.2) is 0 Å². The molecule has 0 bridgehead atoms. The van der Waals surface area contributed by atoms with Crippen molar-refractivity contribution in [1.82, 2.24) is 20.5 Å². The van der Waals surface area contributed by atoms with Crippen LogP contribution in [0.15, 0.2) is 35.5 Å². The van der Waals surface area contributed by atoms with Crippen LogP contribution in [0, 0.1) is 5.92 Å². The lowest BCUT2D eigenvalue weighted by molar-refractivity contribution is -0.118.